The van der Waals surface area contributed by atoms with E-state index in [0.717, 1.165) is 23.1 Å². The number of carbonyl (C=O) groups is 5. The third-order valence-corrected chi connectivity index (χ3v) is 10.8. The van der Waals surface area contributed by atoms with Crippen LogP contribution in [0.15, 0.2) is 96.6 Å². The molecule has 1 aliphatic heterocycles. The number of nitrogens with zero attached hydrogens (tertiary/aromatic N) is 1. The van der Waals surface area contributed by atoms with Gasteiger partial charge < -0.3 is 14.9 Å². The lowest BCUT2D eigenvalue weighted by Crippen LogP contribution is -2.58. The molecule has 1 saturated carbocycles. The Morgan fingerprint density at radius 2 is 1.61 bits per heavy atom. The summed E-state index contributed by atoms with van der Waals surface area (Å²) in [5.41, 5.74) is -0.411. The molecule has 51 heavy (non-hydrogen) atoms. The molecule has 0 radical (unpaired) electrons. The summed E-state index contributed by atoms with van der Waals surface area (Å²) in [7, 11) is 0. The first-order chi connectivity index (χ1) is 24.3. The molecule has 4 aliphatic rings. The number of hydrogen-bond donors (Lipinski definition) is 2. The van der Waals surface area contributed by atoms with E-state index in [9.17, 15) is 37.5 Å². The number of allylic oxidation sites excluding steroid dienone is 4. The number of aliphatic carboxylic acids is 1. The first-order valence-corrected chi connectivity index (χ1v) is 16.6. The van der Waals surface area contributed by atoms with Crippen molar-refractivity contribution in [2.45, 2.75) is 43.4 Å². The zero-order valence-electron chi connectivity index (χ0n) is 27.0. The van der Waals surface area contributed by atoms with Gasteiger partial charge in [0, 0.05) is 35.9 Å². The Balaban J connectivity index is 1.46. The number of ketones is 2. The molecule has 0 unspecified atom stereocenters. The molecular formula is C39H32F3NO8. The first kappa shape index (κ1) is 34.0. The number of amides is 2. The van der Waals surface area contributed by atoms with Gasteiger partial charge in [0.1, 0.15) is 11.5 Å². The van der Waals surface area contributed by atoms with Crippen LogP contribution in [-0.4, -0.2) is 57.4 Å². The van der Waals surface area contributed by atoms with E-state index in [0.29, 0.717) is 16.7 Å². The monoisotopic (exact) mass is 699 g/mol. The molecule has 3 aromatic rings. The zero-order valence-corrected chi connectivity index (χ0v) is 27.0. The van der Waals surface area contributed by atoms with Crippen LogP contribution in [0.4, 0.5) is 13.2 Å². The highest BCUT2D eigenvalue weighted by Crippen LogP contribution is 2.64. The molecule has 7 rings (SSSR count). The number of fused-ring (bicyclic) bond motifs is 4. The Morgan fingerprint density at radius 3 is 2.27 bits per heavy atom. The summed E-state index contributed by atoms with van der Waals surface area (Å²) in [6, 6.07) is 20.0. The predicted octanol–water partition coefficient (Wildman–Crippen LogP) is 5.98. The number of alkyl halides is 3. The van der Waals surface area contributed by atoms with Gasteiger partial charge in [-0.2, -0.15) is 0 Å². The minimum Gasteiger partial charge on any atom is -0.508 e. The summed E-state index contributed by atoms with van der Waals surface area (Å²) in [5.74, 6) is -9.18. The van der Waals surface area contributed by atoms with Gasteiger partial charge in [0.15, 0.2) is 11.6 Å². The fraction of sp³-hybridized carbons (Fsp3) is 0.308. The van der Waals surface area contributed by atoms with E-state index >= 15 is 4.79 Å². The second-order valence-electron chi connectivity index (χ2n) is 13.4. The van der Waals surface area contributed by atoms with Crippen molar-refractivity contribution in [1.82, 2.24) is 4.90 Å². The number of imide groups is 1. The number of ether oxygens (including phenoxy) is 1. The van der Waals surface area contributed by atoms with Gasteiger partial charge in [-0.25, -0.2) is 0 Å². The molecule has 2 amide bonds. The van der Waals surface area contributed by atoms with Crippen molar-refractivity contribution in [2.24, 2.45) is 23.7 Å². The Morgan fingerprint density at radius 1 is 0.922 bits per heavy atom. The van der Waals surface area contributed by atoms with Gasteiger partial charge in [-0.3, -0.25) is 28.9 Å². The predicted molar refractivity (Wildman–Crippen MR) is 175 cm³/mol. The number of phenolic OH excluding ortho intramolecular Hbond substituents is 1. The summed E-state index contributed by atoms with van der Waals surface area (Å²) < 4.78 is 44.7. The van der Waals surface area contributed by atoms with Crippen LogP contribution in [-0.2, 0) is 29.4 Å². The number of carboxylic acids is 1. The molecule has 3 aromatic carbocycles. The Hall–Kier alpha value is -5.52. The number of aromatic hydroxyl groups is 1. The maximum atomic E-state index is 15.0. The van der Waals surface area contributed by atoms with Gasteiger partial charge in [0.05, 0.1) is 17.3 Å². The van der Waals surface area contributed by atoms with E-state index in [4.69, 9.17) is 5.11 Å². The van der Waals surface area contributed by atoms with Crippen LogP contribution in [0.3, 0.4) is 0 Å². The molecule has 262 valence electrons. The summed E-state index contributed by atoms with van der Waals surface area (Å²) in [4.78, 5) is 69.9. The second kappa shape index (κ2) is 12.7. The van der Waals surface area contributed by atoms with Crippen molar-refractivity contribution >= 4 is 34.9 Å². The summed E-state index contributed by atoms with van der Waals surface area (Å²) in [6.45, 7) is -0.115. The Labute approximate surface area is 290 Å². The quantitative estimate of drug-likeness (QED) is 0.217. The van der Waals surface area contributed by atoms with Crippen molar-refractivity contribution in [2.75, 3.05) is 6.54 Å². The molecule has 0 aromatic heterocycles. The molecular weight excluding hydrogens is 667 g/mol. The average Bonchev–Trinajstić information content (AvgIpc) is 3.34. The number of Topliss-reactive ketones (excluding diaryl/α,β-unsaturated/α-hetero) is 1. The van der Waals surface area contributed by atoms with E-state index < -0.39 is 82.2 Å². The number of rotatable bonds is 8. The number of benzene rings is 3. The first-order valence-electron chi connectivity index (χ1n) is 16.6. The van der Waals surface area contributed by atoms with Crippen molar-refractivity contribution in [1.29, 1.82) is 0 Å². The van der Waals surface area contributed by atoms with Crippen LogP contribution >= 0.6 is 0 Å². The lowest BCUT2D eigenvalue weighted by molar-refractivity contribution is -0.274. The van der Waals surface area contributed by atoms with Gasteiger partial charge in [-0.15, -0.1) is 13.2 Å². The van der Waals surface area contributed by atoms with Crippen LogP contribution in [0.25, 0.3) is 5.57 Å². The molecule has 2 N–H and O–H groups in total. The number of likely N-dealkylation sites (tertiary alicyclic amines) is 1. The van der Waals surface area contributed by atoms with Gasteiger partial charge in [0.25, 0.3) is 0 Å². The summed E-state index contributed by atoms with van der Waals surface area (Å²) in [5, 5.41) is 20.6. The third-order valence-electron chi connectivity index (χ3n) is 10.8. The van der Waals surface area contributed by atoms with E-state index in [-0.39, 0.29) is 43.4 Å². The zero-order chi connectivity index (χ0) is 36.2. The normalized spacial score (nSPS) is 27.3. The standard InChI is InChI=1S/C39H32F3NO8/c40-39(41,42)51-23-13-16-30(44)28(18-23)34-24-14-15-25-33(37(50)43(36(25)49)17-7-12-32(46)47)27(24)19-29-35(48)26(21-8-3-1-4-9-21)20-31(45)38(29,34)22-10-5-2-6-11-22/h1-6,8-11,13-14,16,18,20,25,27,29,33-34,44H,7,12,15,17,19H2,(H,46,47)/t25-,27+,29-,33-,34+,38-/m0/s1. The molecule has 0 spiro atoms. The van der Waals surface area contributed by atoms with Crippen molar-refractivity contribution in [3.63, 3.8) is 0 Å². The SMILES string of the molecule is O=C(O)CCCN1C(=O)[C@H]2[C@H](CC=C3[C@H]2C[C@H]2C(=O)C(c4ccccc4)=CC(=O)[C@@]2(c2ccccc2)[C@H]3c2cc(OC(F)(F)F)ccc2O)C1=O. The van der Waals surface area contributed by atoms with Gasteiger partial charge in [0.2, 0.25) is 11.8 Å². The lowest BCUT2D eigenvalue weighted by Gasteiger charge is -2.55. The molecule has 9 nitrogen and oxygen atoms in total. The van der Waals surface area contributed by atoms with E-state index in [1.54, 1.807) is 66.7 Å². The highest BCUT2D eigenvalue weighted by atomic mass is 19.4. The highest BCUT2D eigenvalue weighted by Gasteiger charge is 2.66. The molecule has 2 fully saturated rings. The summed E-state index contributed by atoms with van der Waals surface area (Å²) >= 11 is 0. The molecule has 1 heterocycles. The smallest absolute Gasteiger partial charge is 0.508 e. The molecule has 3 aliphatic carbocycles. The topological polar surface area (TPSA) is 138 Å². The van der Waals surface area contributed by atoms with Crippen LogP contribution in [0.2, 0.25) is 0 Å². The van der Waals surface area contributed by atoms with Crippen LogP contribution in [0.5, 0.6) is 11.5 Å². The van der Waals surface area contributed by atoms with Crippen LogP contribution < -0.4 is 4.74 Å². The van der Waals surface area contributed by atoms with Crippen LogP contribution in [0, 0.1) is 23.7 Å². The van der Waals surface area contributed by atoms with Crippen LogP contribution in [0.1, 0.15) is 48.3 Å². The minimum atomic E-state index is -5.08. The van der Waals surface area contributed by atoms with E-state index in [1.807, 2.05) is 0 Å². The van der Waals surface area contributed by atoms with E-state index in [2.05, 4.69) is 4.74 Å². The van der Waals surface area contributed by atoms with Crippen molar-refractivity contribution < 1.29 is 52.1 Å². The molecule has 6 atom stereocenters. The maximum absolute atomic E-state index is 15.0. The van der Waals surface area contributed by atoms with Crippen molar-refractivity contribution in [3.8, 4) is 11.5 Å². The fourth-order valence-electron chi connectivity index (χ4n) is 8.85. The summed E-state index contributed by atoms with van der Waals surface area (Å²) in [6.07, 6.45) is -2.31. The van der Waals surface area contributed by atoms with Gasteiger partial charge in [-0.1, -0.05) is 72.3 Å². The highest BCUT2D eigenvalue weighted by molar-refractivity contribution is 6.31. The molecule has 0 bridgehead atoms. The Kier molecular flexibility index (Phi) is 8.43. The van der Waals surface area contributed by atoms with E-state index in [1.165, 1.54) is 6.08 Å². The molecule has 1 saturated heterocycles. The lowest BCUT2D eigenvalue weighted by atomic mass is 9.44. The largest absolute Gasteiger partial charge is 0.573 e. The number of phenols is 1. The van der Waals surface area contributed by atoms with Gasteiger partial charge >= 0.3 is 12.3 Å². The number of carbonyl (C=O) groups excluding carboxylic acids is 4. The average molecular weight is 700 g/mol. The fourth-order valence-corrected chi connectivity index (χ4v) is 8.85. The Bertz CT molecular complexity index is 2010. The van der Waals surface area contributed by atoms with Crippen molar-refractivity contribution in [3.05, 3.63) is 113 Å². The minimum absolute atomic E-state index is 0.0393. The maximum Gasteiger partial charge on any atom is 0.573 e. The number of hydrogen-bond acceptors (Lipinski definition) is 7. The number of carboxylic acid groups (broad SMARTS) is 1. The third kappa shape index (κ3) is 5.62. The second-order valence-corrected chi connectivity index (χ2v) is 13.4. The number of halogens is 3. The molecule has 12 heteroatoms. The van der Waals surface area contributed by atoms with Gasteiger partial charge in [-0.05, 0) is 60.6 Å².